The summed E-state index contributed by atoms with van der Waals surface area (Å²) in [5.41, 5.74) is 4.47. The van der Waals surface area contributed by atoms with Crippen molar-refractivity contribution in [1.82, 2.24) is 24.7 Å². The first-order valence-corrected chi connectivity index (χ1v) is 13.0. The lowest BCUT2D eigenvalue weighted by Gasteiger charge is -2.50. The number of aliphatic hydroxyl groups is 1. The molecule has 3 aromatic rings. The highest BCUT2D eigenvalue weighted by Gasteiger charge is 2.48. The van der Waals surface area contributed by atoms with E-state index >= 15 is 0 Å². The average Bonchev–Trinajstić information content (AvgIpc) is 3.21. The fourth-order valence-electron chi connectivity index (χ4n) is 6.22. The number of aromatic nitrogens is 2. The van der Waals surface area contributed by atoms with Crippen LogP contribution in [0.25, 0.3) is 10.9 Å². The Bertz CT molecular complexity index is 1220. The first-order chi connectivity index (χ1) is 17.5. The fraction of sp³-hybridized carbons (Fsp3) is 0.500. The van der Waals surface area contributed by atoms with Crippen LogP contribution in [0.1, 0.15) is 49.2 Å². The molecule has 2 N–H and O–H groups in total. The van der Waals surface area contributed by atoms with Crippen LogP contribution in [0.4, 0.5) is 4.79 Å². The molecule has 1 aromatic carbocycles. The third-order valence-electron chi connectivity index (χ3n) is 8.04. The minimum atomic E-state index is -0.137. The molecule has 0 unspecified atom stereocenters. The number of amides is 2. The lowest BCUT2D eigenvalue weighted by atomic mass is 9.68. The molecular weight excluding hydrogens is 454 g/mol. The van der Waals surface area contributed by atoms with Crippen molar-refractivity contribution in [3.05, 3.63) is 59.5 Å². The molecule has 0 saturated carbocycles. The third-order valence-corrected chi connectivity index (χ3v) is 8.04. The summed E-state index contributed by atoms with van der Waals surface area (Å²) in [6, 6.07) is 12.2. The number of benzene rings is 1. The van der Waals surface area contributed by atoms with Crippen LogP contribution in [0.3, 0.4) is 0 Å². The average molecular weight is 492 g/mol. The van der Waals surface area contributed by atoms with E-state index < -0.39 is 0 Å². The van der Waals surface area contributed by atoms with Gasteiger partial charge in [0.25, 0.3) is 0 Å². The Morgan fingerprint density at radius 1 is 1.25 bits per heavy atom. The maximum absolute atomic E-state index is 12.7. The minimum Gasteiger partial charge on any atom is -0.497 e. The number of carbonyl (C=O) groups is 1. The molecule has 2 aromatic heterocycles. The van der Waals surface area contributed by atoms with Gasteiger partial charge in [-0.25, -0.2) is 4.79 Å². The molecular formula is C28H37N5O3. The molecule has 1 atom stereocenters. The van der Waals surface area contributed by atoms with E-state index in [1.54, 1.807) is 7.11 Å². The van der Waals surface area contributed by atoms with Gasteiger partial charge in [0, 0.05) is 68.5 Å². The van der Waals surface area contributed by atoms with Crippen LogP contribution in [0.2, 0.25) is 0 Å². The maximum Gasteiger partial charge on any atom is 0.317 e. The third kappa shape index (κ3) is 4.22. The van der Waals surface area contributed by atoms with E-state index in [0.717, 1.165) is 48.5 Å². The molecule has 0 aliphatic carbocycles. The number of hydrogen-bond donors (Lipinski definition) is 2. The highest BCUT2D eigenvalue weighted by Crippen LogP contribution is 2.50. The second-order valence-corrected chi connectivity index (χ2v) is 10.1. The topological polar surface area (TPSA) is 82.9 Å². The van der Waals surface area contributed by atoms with E-state index in [1.807, 2.05) is 35.4 Å². The molecule has 36 heavy (non-hydrogen) atoms. The number of ether oxygens (including phenoxy) is 1. The van der Waals surface area contributed by atoms with E-state index in [-0.39, 0.29) is 24.1 Å². The number of pyridine rings is 1. The van der Waals surface area contributed by atoms with Crippen LogP contribution in [-0.2, 0) is 19.0 Å². The smallest absolute Gasteiger partial charge is 0.317 e. The number of likely N-dealkylation sites (tertiary alicyclic amines) is 1. The monoisotopic (exact) mass is 491 g/mol. The zero-order valence-electron chi connectivity index (χ0n) is 21.5. The molecule has 2 amide bonds. The summed E-state index contributed by atoms with van der Waals surface area (Å²) in [5.74, 6) is 0.822. The molecule has 1 fully saturated rings. The number of methoxy groups -OCH3 is 1. The van der Waals surface area contributed by atoms with Crippen molar-refractivity contribution in [2.45, 2.75) is 44.2 Å². The number of fused-ring (bicyclic) bond motifs is 4. The minimum absolute atomic E-state index is 0.0305. The van der Waals surface area contributed by atoms with Gasteiger partial charge in [0.2, 0.25) is 0 Å². The van der Waals surface area contributed by atoms with Crippen molar-refractivity contribution in [3.8, 4) is 5.75 Å². The van der Waals surface area contributed by atoms with Gasteiger partial charge in [0.05, 0.1) is 31.0 Å². The number of urea groups is 1. The number of aryl methyl sites for hydroxylation is 1. The SMILES string of the molecule is CCCNC(=O)N1CCC2(CC1)CN(Cc1ccccn1)[C@@H](CO)c1c2c2ccc(OC)cc2n1C. The Hall–Kier alpha value is -3.10. The molecule has 8 nitrogen and oxygen atoms in total. The second kappa shape index (κ2) is 10.1. The Labute approximate surface area is 212 Å². The van der Waals surface area contributed by atoms with Gasteiger partial charge < -0.3 is 24.6 Å². The van der Waals surface area contributed by atoms with Crippen LogP contribution < -0.4 is 10.1 Å². The number of rotatable bonds is 6. The lowest BCUT2D eigenvalue weighted by Crippen LogP contribution is -2.55. The molecule has 5 rings (SSSR count). The predicted octanol–water partition coefficient (Wildman–Crippen LogP) is 3.58. The quantitative estimate of drug-likeness (QED) is 0.551. The lowest BCUT2D eigenvalue weighted by molar-refractivity contribution is 0.0459. The van der Waals surface area contributed by atoms with Gasteiger partial charge >= 0.3 is 6.03 Å². The molecule has 1 spiro atoms. The van der Waals surface area contributed by atoms with Crippen LogP contribution in [0, 0.1) is 0 Å². The molecule has 1 saturated heterocycles. The summed E-state index contributed by atoms with van der Waals surface area (Å²) < 4.78 is 7.78. The Balaban J connectivity index is 1.58. The highest BCUT2D eigenvalue weighted by molar-refractivity contribution is 5.88. The zero-order valence-corrected chi connectivity index (χ0v) is 21.5. The van der Waals surface area contributed by atoms with E-state index in [0.29, 0.717) is 26.2 Å². The first kappa shape index (κ1) is 24.6. The van der Waals surface area contributed by atoms with E-state index in [1.165, 1.54) is 10.9 Å². The molecule has 0 radical (unpaired) electrons. The van der Waals surface area contributed by atoms with Crippen molar-refractivity contribution in [3.63, 3.8) is 0 Å². The molecule has 2 aliphatic heterocycles. The first-order valence-electron chi connectivity index (χ1n) is 13.0. The molecule has 2 aliphatic rings. The summed E-state index contributed by atoms with van der Waals surface area (Å²) >= 11 is 0. The van der Waals surface area contributed by atoms with Gasteiger partial charge in [-0.15, -0.1) is 0 Å². The summed E-state index contributed by atoms with van der Waals surface area (Å²) in [4.78, 5) is 21.6. The largest absolute Gasteiger partial charge is 0.497 e. The summed E-state index contributed by atoms with van der Waals surface area (Å²) in [6.45, 7) is 5.70. The van der Waals surface area contributed by atoms with E-state index in [9.17, 15) is 9.90 Å². The highest BCUT2D eigenvalue weighted by atomic mass is 16.5. The summed E-state index contributed by atoms with van der Waals surface area (Å²) in [5, 5.41) is 14.9. The van der Waals surface area contributed by atoms with Crippen molar-refractivity contribution < 1.29 is 14.6 Å². The van der Waals surface area contributed by atoms with Crippen molar-refractivity contribution in [1.29, 1.82) is 0 Å². The molecule has 4 heterocycles. The Kier molecular flexibility index (Phi) is 6.90. The number of hydrogen-bond acceptors (Lipinski definition) is 5. The van der Waals surface area contributed by atoms with E-state index in [4.69, 9.17) is 4.74 Å². The number of piperidine rings is 1. The van der Waals surface area contributed by atoms with Crippen molar-refractivity contribution in [2.24, 2.45) is 7.05 Å². The van der Waals surface area contributed by atoms with Crippen LogP contribution in [0.15, 0.2) is 42.6 Å². The number of nitrogens with one attached hydrogen (secondary N) is 1. The number of aliphatic hydroxyl groups excluding tert-OH is 1. The van der Waals surface area contributed by atoms with Gasteiger partial charge in [-0.3, -0.25) is 9.88 Å². The molecule has 192 valence electrons. The molecule has 8 heteroatoms. The maximum atomic E-state index is 12.7. The Morgan fingerprint density at radius 2 is 2.06 bits per heavy atom. The standard InChI is InChI=1S/C28H37N5O3/c1-4-12-30-27(35)32-14-10-28(11-15-32)19-33(17-20-7-5-6-13-29-20)24(18-34)26-25(28)22-9-8-21(36-3)16-23(22)31(26)2/h5-9,13,16,24,34H,4,10-12,14-15,17-19H2,1-3H3,(H,30,35)/t24-/m0/s1. The predicted molar refractivity (Wildman–Crippen MR) is 140 cm³/mol. The van der Waals surface area contributed by atoms with E-state index in [2.05, 4.69) is 45.9 Å². The zero-order chi connectivity index (χ0) is 25.3. The van der Waals surface area contributed by atoms with Crippen LogP contribution in [0.5, 0.6) is 5.75 Å². The summed E-state index contributed by atoms with van der Waals surface area (Å²) in [6.07, 6.45) is 4.51. The van der Waals surface area contributed by atoms with Gasteiger partial charge in [-0.05, 0) is 49.1 Å². The van der Waals surface area contributed by atoms with Crippen molar-refractivity contribution in [2.75, 3.05) is 39.9 Å². The Morgan fingerprint density at radius 3 is 2.72 bits per heavy atom. The van der Waals surface area contributed by atoms with Crippen LogP contribution >= 0.6 is 0 Å². The van der Waals surface area contributed by atoms with Crippen molar-refractivity contribution >= 4 is 16.9 Å². The van der Waals surface area contributed by atoms with Crippen LogP contribution in [-0.4, -0.2) is 70.4 Å². The van der Waals surface area contributed by atoms with Gasteiger partial charge in [-0.2, -0.15) is 0 Å². The van der Waals surface area contributed by atoms with Gasteiger partial charge in [-0.1, -0.05) is 13.0 Å². The fourth-order valence-corrected chi connectivity index (χ4v) is 6.22. The number of nitrogens with zero attached hydrogens (tertiary/aromatic N) is 4. The normalized spacial score (nSPS) is 19.4. The van der Waals surface area contributed by atoms with Gasteiger partial charge in [0.1, 0.15) is 5.75 Å². The summed E-state index contributed by atoms with van der Waals surface area (Å²) in [7, 11) is 3.78. The van der Waals surface area contributed by atoms with Gasteiger partial charge in [0.15, 0.2) is 0 Å². The second-order valence-electron chi connectivity index (χ2n) is 10.1. The molecule has 0 bridgehead atoms. The number of carbonyl (C=O) groups excluding carboxylic acids is 1.